The SMILES string of the molecule is CC.CC(C)c1cccc(N)c1. The minimum Gasteiger partial charge on any atom is -0.399 e. The molecule has 1 aromatic rings. The Labute approximate surface area is 75.6 Å². The molecule has 1 rings (SSSR count). The minimum absolute atomic E-state index is 0.573. The van der Waals surface area contributed by atoms with Crippen molar-refractivity contribution >= 4 is 5.69 Å². The third-order valence-electron chi connectivity index (χ3n) is 1.58. The topological polar surface area (TPSA) is 26.0 Å². The molecule has 2 N–H and O–H groups in total. The van der Waals surface area contributed by atoms with E-state index in [1.807, 2.05) is 32.0 Å². The van der Waals surface area contributed by atoms with Crippen molar-refractivity contribution in [2.45, 2.75) is 33.6 Å². The lowest BCUT2D eigenvalue weighted by molar-refractivity contribution is 0.867. The highest BCUT2D eigenvalue weighted by Gasteiger charge is 1.96. The number of benzene rings is 1. The molecule has 0 atom stereocenters. The third-order valence-corrected chi connectivity index (χ3v) is 1.58. The number of hydrogen-bond donors (Lipinski definition) is 1. The first-order valence-corrected chi connectivity index (χ1v) is 4.55. The molecule has 1 heteroatoms. The Bertz CT molecular complexity index is 216. The van der Waals surface area contributed by atoms with E-state index in [2.05, 4.69) is 19.9 Å². The second kappa shape index (κ2) is 5.64. The molecule has 0 bridgehead atoms. The summed E-state index contributed by atoms with van der Waals surface area (Å²) >= 11 is 0. The first kappa shape index (κ1) is 11.0. The fourth-order valence-electron chi connectivity index (χ4n) is 0.918. The summed E-state index contributed by atoms with van der Waals surface area (Å²) in [6, 6.07) is 8.02. The molecule has 1 aromatic carbocycles. The van der Waals surface area contributed by atoms with Gasteiger partial charge >= 0.3 is 0 Å². The summed E-state index contributed by atoms with van der Waals surface area (Å²) in [5.74, 6) is 0.573. The maximum absolute atomic E-state index is 5.60. The molecule has 0 saturated carbocycles. The van der Waals surface area contributed by atoms with Crippen LogP contribution in [0.4, 0.5) is 5.69 Å². The lowest BCUT2D eigenvalue weighted by Gasteiger charge is -2.04. The van der Waals surface area contributed by atoms with E-state index >= 15 is 0 Å². The zero-order valence-corrected chi connectivity index (χ0v) is 8.46. The first-order chi connectivity index (χ1) is 5.70. The maximum Gasteiger partial charge on any atom is 0.0316 e. The Morgan fingerprint density at radius 1 is 1.17 bits per heavy atom. The third kappa shape index (κ3) is 3.42. The standard InChI is InChI=1S/C9H13N.C2H6/c1-7(2)8-4-3-5-9(10)6-8;1-2/h3-7H,10H2,1-2H3;1-2H3. The van der Waals surface area contributed by atoms with E-state index in [0.29, 0.717) is 5.92 Å². The monoisotopic (exact) mass is 165 g/mol. The number of nitrogen functional groups attached to an aromatic ring is 1. The van der Waals surface area contributed by atoms with E-state index < -0.39 is 0 Å². The van der Waals surface area contributed by atoms with E-state index in [1.165, 1.54) is 5.56 Å². The molecule has 0 spiro atoms. The van der Waals surface area contributed by atoms with Gasteiger partial charge in [0.25, 0.3) is 0 Å². The second-order valence-electron chi connectivity index (χ2n) is 2.82. The summed E-state index contributed by atoms with van der Waals surface area (Å²) < 4.78 is 0. The van der Waals surface area contributed by atoms with Gasteiger partial charge in [0.05, 0.1) is 0 Å². The molecule has 68 valence electrons. The molecule has 0 heterocycles. The van der Waals surface area contributed by atoms with E-state index in [4.69, 9.17) is 5.73 Å². The fourth-order valence-corrected chi connectivity index (χ4v) is 0.918. The van der Waals surface area contributed by atoms with Crippen LogP contribution in [-0.2, 0) is 0 Å². The molecule has 0 amide bonds. The van der Waals surface area contributed by atoms with Gasteiger partial charge in [-0.2, -0.15) is 0 Å². The largest absolute Gasteiger partial charge is 0.399 e. The second-order valence-corrected chi connectivity index (χ2v) is 2.82. The zero-order valence-electron chi connectivity index (χ0n) is 8.46. The van der Waals surface area contributed by atoms with Crippen molar-refractivity contribution < 1.29 is 0 Å². The Morgan fingerprint density at radius 2 is 1.75 bits per heavy atom. The summed E-state index contributed by atoms with van der Waals surface area (Å²) in [4.78, 5) is 0. The normalized spacial score (nSPS) is 9.08. The molecular weight excluding hydrogens is 146 g/mol. The van der Waals surface area contributed by atoms with Crippen LogP contribution in [-0.4, -0.2) is 0 Å². The minimum atomic E-state index is 0.573. The maximum atomic E-state index is 5.60. The van der Waals surface area contributed by atoms with Crippen molar-refractivity contribution in [3.8, 4) is 0 Å². The average molecular weight is 165 g/mol. The van der Waals surface area contributed by atoms with Gasteiger partial charge in [-0.25, -0.2) is 0 Å². The van der Waals surface area contributed by atoms with E-state index in [-0.39, 0.29) is 0 Å². The van der Waals surface area contributed by atoms with Crippen molar-refractivity contribution in [3.63, 3.8) is 0 Å². The average Bonchev–Trinajstić information content (AvgIpc) is 2.08. The summed E-state index contributed by atoms with van der Waals surface area (Å²) in [6.07, 6.45) is 0. The molecule has 0 aliphatic carbocycles. The van der Waals surface area contributed by atoms with Crippen LogP contribution in [0, 0.1) is 0 Å². The molecule has 0 aromatic heterocycles. The zero-order chi connectivity index (χ0) is 9.56. The van der Waals surface area contributed by atoms with Gasteiger partial charge in [0.2, 0.25) is 0 Å². The van der Waals surface area contributed by atoms with Crippen LogP contribution < -0.4 is 5.73 Å². The van der Waals surface area contributed by atoms with E-state index in [9.17, 15) is 0 Å². The summed E-state index contributed by atoms with van der Waals surface area (Å²) in [6.45, 7) is 8.32. The van der Waals surface area contributed by atoms with Crippen molar-refractivity contribution in [2.24, 2.45) is 0 Å². The highest BCUT2D eigenvalue weighted by Crippen LogP contribution is 2.15. The van der Waals surface area contributed by atoms with Gasteiger partial charge in [0, 0.05) is 5.69 Å². The fraction of sp³-hybridized carbons (Fsp3) is 0.455. The Balaban J connectivity index is 0.000000561. The van der Waals surface area contributed by atoms with Gasteiger partial charge in [-0.1, -0.05) is 39.8 Å². The molecule has 0 saturated heterocycles. The van der Waals surface area contributed by atoms with E-state index in [1.54, 1.807) is 0 Å². The number of anilines is 1. The van der Waals surface area contributed by atoms with Crippen LogP contribution in [0.5, 0.6) is 0 Å². The predicted molar refractivity (Wildman–Crippen MR) is 56.3 cm³/mol. The van der Waals surface area contributed by atoms with Crippen LogP contribution in [0.1, 0.15) is 39.2 Å². The lowest BCUT2D eigenvalue weighted by atomic mass is 10.0. The van der Waals surface area contributed by atoms with Crippen molar-refractivity contribution in [1.82, 2.24) is 0 Å². The molecule has 0 aliphatic rings. The number of hydrogen-bond acceptors (Lipinski definition) is 1. The highest BCUT2D eigenvalue weighted by atomic mass is 14.5. The molecule has 0 unspecified atom stereocenters. The predicted octanol–water partition coefficient (Wildman–Crippen LogP) is 3.42. The first-order valence-electron chi connectivity index (χ1n) is 4.55. The summed E-state index contributed by atoms with van der Waals surface area (Å²) in [5.41, 5.74) is 7.75. The quantitative estimate of drug-likeness (QED) is 0.634. The van der Waals surface area contributed by atoms with Gasteiger partial charge in [0.1, 0.15) is 0 Å². The van der Waals surface area contributed by atoms with Crippen LogP contribution >= 0.6 is 0 Å². The Kier molecular flexibility index (Phi) is 5.18. The highest BCUT2D eigenvalue weighted by molar-refractivity contribution is 5.41. The van der Waals surface area contributed by atoms with Crippen molar-refractivity contribution in [2.75, 3.05) is 5.73 Å². The van der Waals surface area contributed by atoms with Crippen LogP contribution in [0.15, 0.2) is 24.3 Å². The molecule has 0 fully saturated rings. The van der Waals surface area contributed by atoms with Crippen LogP contribution in [0.2, 0.25) is 0 Å². The van der Waals surface area contributed by atoms with Gasteiger partial charge in [-0.3, -0.25) is 0 Å². The van der Waals surface area contributed by atoms with Gasteiger partial charge in [-0.05, 0) is 23.6 Å². The number of rotatable bonds is 1. The van der Waals surface area contributed by atoms with Gasteiger partial charge < -0.3 is 5.73 Å². The Hall–Kier alpha value is -0.980. The number of nitrogens with two attached hydrogens (primary N) is 1. The molecular formula is C11H19N. The Morgan fingerprint density at radius 3 is 2.08 bits per heavy atom. The summed E-state index contributed by atoms with van der Waals surface area (Å²) in [7, 11) is 0. The lowest BCUT2D eigenvalue weighted by Crippen LogP contribution is -1.89. The smallest absolute Gasteiger partial charge is 0.0316 e. The molecule has 12 heavy (non-hydrogen) atoms. The van der Waals surface area contributed by atoms with Crippen LogP contribution in [0.25, 0.3) is 0 Å². The van der Waals surface area contributed by atoms with Crippen molar-refractivity contribution in [1.29, 1.82) is 0 Å². The summed E-state index contributed by atoms with van der Waals surface area (Å²) in [5, 5.41) is 0. The molecule has 0 aliphatic heterocycles. The van der Waals surface area contributed by atoms with E-state index in [0.717, 1.165) is 5.69 Å². The van der Waals surface area contributed by atoms with Crippen LogP contribution in [0.3, 0.4) is 0 Å². The van der Waals surface area contributed by atoms with Gasteiger partial charge in [-0.15, -0.1) is 0 Å². The molecule has 1 nitrogen and oxygen atoms in total. The van der Waals surface area contributed by atoms with Gasteiger partial charge in [0.15, 0.2) is 0 Å². The molecule has 0 radical (unpaired) electrons. The van der Waals surface area contributed by atoms with Crippen molar-refractivity contribution in [3.05, 3.63) is 29.8 Å².